The second-order valence-corrected chi connectivity index (χ2v) is 5.49. The molecule has 1 heterocycles. The second-order valence-electron chi connectivity index (χ2n) is 5.49. The molecule has 25 heavy (non-hydrogen) atoms. The monoisotopic (exact) mass is 361 g/mol. The van der Waals surface area contributed by atoms with Crippen LogP contribution in [0, 0.1) is 11.3 Å². The molecule has 0 amide bonds. The molecule has 1 aromatic carbocycles. The topological polar surface area (TPSA) is 48.2 Å². The Kier molecular flexibility index (Phi) is 4.84. The predicted octanol–water partition coefficient (Wildman–Crippen LogP) is 4.28. The molecule has 9 heteroatoms. The molecule has 0 bridgehead atoms. The van der Waals surface area contributed by atoms with E-state index in [1.165, 1.54) is 0 Å². The third-order valence-corrected chi connectivity index (χ3v) is 3.80. The van der Waals surface area contributed by atoms with Crippen LogP contribution in [0.4, 0.5) is 26.3 Å². The molecular weight excluding hydrogens is 348 g/mol. The normalized spacial score (nSPS) is 17.6. The van der Waals surface area contributed by atoms with Crippen molar-refractivity contribution < 1.29 is 26.3 Å². The lowest BCUT2D eigenvalue weighted by Gasteiger charge is -2.37. The predicted molar refractivity (Wildman–Crippen MR) is 78.5 cm³/mol. The van der Waals surface area contributed by atoms with Crippen LogP contribution >= 0.6 is 0 Å². The highest BCUT2D eigenvalue weighted by Gasteiger charge is 2.75. The lowest BCUT2D eigenvalue weighted by molar-refractivity contribution is -0.281. The minimum atomic E-state index is -5.79. The van der Waals surface area contributed by atoms with Crippen LogP contribution in [-0.2, 0) is 6.42 Å². The van der Waals surface area contributed by atoms with Gasteiger partial charge in [-0.15, -0.1) is 0 Å². The largest absolute Gasteiger partial charge is 0.427 e. The summed E-state index contributed by atoms with van der Waals surface area (Å²) in [6, 6.07) is 9.58. The SMILES string of the molecule is CC1=C(C#N)C(C(F)(F)F)(C(F)(F)F)N=C(CCc2ccccc2)N1. The summed E-state index contributed by atoms with van der Waals surface area (Å²) in [6.45, 7) is 1.00. The summed E-state index contributed by atoms with van der Waals surface area (Å²) < 4.78 is 80.4. The van der Waals surface area contributed by atoms with Gasteiger partial charge in [-0.05, 0) is 18.9 Å². The Bertz CT molecular complexity index is 724. The smallest absolute Gasteiger partial charge is 0.347 e. The quantitative estimate of drug-likeness (QED) is 0.817. The molecule has 0 fully saturated rings. The number of alkyl halides is 6. The first kappa shape index (κ1) is 18.8. The third-order valence-electron chi connectivity index (χ3n) is 3.80. The van der Waals surface area contributed by atoms with Gasteiger partial charge < -0.3 is 5.32 Å². The van der Waals surface area contributed by atoms with Gasteiger partial charge in [-0.1, -0.05) is 30.3 Å². The number of nitrogens with zero attached hydrogens (tertiary/aromatic N) is 2. The number of rotatable bonds is 3. The van der Waals surface area contributed by atoms with Crippen LogP contribution in [0.3, 0.4) is 0 Å². The first-order chi connectivity index (χ1) is 11.5. The molecule has 0 saturated heterocycles. The zero-order valence-corrected chi connectivity index (χ0v) is 13.0. The van der Waals surface area contributed by atoms with E-state index >= 15 is 0 Å². The lowest BCUT2D eigenvalue weighted by atomic mass is 9.86. The van der Waals surface area contributed by atoms with Crippen molar-refractivity contribution in [3.8, 4) is 6.07 Å². The second kappa shape index (κ2) is 6.43. The average molecular weight is 361 g/mol. The lowest BCUT2D eigenvalue weighted by Crippen LogP contribution is -2.60. The maximum Gasteiger partial charge on any atom is 0.427 e. The van der Waals surface area contributed by atoms with Gasteiger partial charge in [-0.3, -0.25) is 0 Å². The van der Waals surface area contributed by atoms with E-state index in [1.807, 2.05) is 0 Å². The number of hydrogen-bond donors (Lipinski definition) is 1. The summed E-state index contributed by atoms with van der Waals surface area (Å²) in [5, 5.41) is 11.3. The highest BCUT2D eigenvalue weighted by Crippen LogP contribution is 2.52. The first-order valence-corrected chi connectivity index (χ1v) is 7.17. The number of aliphatic imine (C=N–C) groups is 1. The van der Waals surface area contributed by atoms with Crippen LogP contribution in [0.2, 0.25) is 0 Å². The summed E-state index contributed by atoms with van der Waals surface area (Å²) in [7, 11) is 0. The van der Waals surface area contributed by atoms with Crippen molar-refractivity contribution in [2.45, 2.75) is 37.7 Å². The van der Waals surface area contributed by atoms with Gasteiger partial charge in [-0.2, -0.15) is 31.6 Å². The Balaban J connectivity index is 2.47. The molecule has 1 aromatic rings. The van der Waals surface area contributed by atoms with Gasteiger partial charge in [-0.25, -0.2) is 4.99 Å². The van der Waals surface area contributed by atoms with Crippen LogP contribution in [0.25, 0.3) is 0 Å². The summed E-state index contributed by atoms with van der Waals surface area (Å²) in [5.41, 5.74) is -5.80. The van der Waals surface area contributed by atoms with Gasteiger partial charge in [0.25, 0.3) is 5.54 Å². The van der Waals surface area contributed by atoms with Gasteiger partial charge >= 0.3 is 12.4 Å². The van der Waals surface area contributed by atoms with Crippen LogP contribution in [0.1, 0.15) is 18.9 Å². The Labute approximate surface area is 139 Å². The fourth-order valence-electron chi connectivity index (χ4n) is 2.60. The number of benzene rings is 1. The number of allylic oxidation sites excluding steroid dienone is 1. The standard InChI is InChI=1S/C16H13F6N3/c1-10-12(9-23)14(15(17,18)19,16(20,21)22)25-13(24-10)8-7-11-5-3-2-4-6-11/h2-6H,7-8H2,1H3,(H,24,25). The van der Waals surface area contributed by atoms with E-state index in [1.54, 1.807) is 30.3 Å². The van der Waals surface area contributed by atoms with Crippen molar-refractivity contribution in [1.29, 1.82) is 5.26 Å². The van der Waals surface area contributed by atoms with Gasteiger partial charge in [0.1, 0.15) is 5.84 Å². The molecule has 0 radical (unpaired) electrons. The average Bonchev–Trinajstić information content (AvgIpc) is 2.51. The summed E-state index contributed by atoms with van der Waals surface area (Å²) in [6.07, 6.45) is -11.5. The Morgan fingerprint density at radius 2 is 1.60 bits per heavy atom. The highest BCUT2D eigenvalue weighted by atomic mass is 19.4. The Morgan fingerprint density at radius 1 is 1.04 bits per heavy atom. The van der Waals surface area contributed by atoms with Gasteiger partial charge in [0.2, 0.25) is 0 Å². The minimum Gasteiger partial charge on any atom is -0.347 e. The minimum absolute atomic E-state index is 0.159. The van der Waals surface area contributed by atoms with Gasteiger partial charge in [0, 0.05) is 12.1 Å². The van der Waals surface area contributed by atoms with E-state index in [9.17, 15) is 26.3 Å². The number of hydrogen-bond acceptors (Lipinski definition) is 3. The van der Waals surface area contributed by atoms with E-state index in [2.05, 4.69) is 10.3 Å². The van der Waals surface area contributed by atoms with Crippen LogP contribution in [0.15, 0.2) is 46.6 Å². The van der Waals surface area contributed by atoms with Gasteiger partial charge in [0.05, 0.1) is 11.6 Å². The number of nitriles is 1. The van der Waals surface area contributed by atoms with Crippen LogP contribution in [0.5, 0.6) is 0 Å². The molecule has 1 N–H and O–H groups in total. The molecule has 0 unspecified atom stereocenters. The summed E-state index contributed by atoms with van der Waals surface area (Å²) >= 11 is 0. The fraction of sp³-hybridized carbons (Fsp3) is 0.375. The molecule has 1 aliphatic rings. The molecule has 134 valence electrons. The zero-order valence-electron chi connectivity index (χ0n) is 13.0. The third kappa shape index (κ3) is 3.34. The first-order valence-electron chi connectivity index (χ1n) is 7.17. The number of nitrogens with one attached hydrogen (secondary N) is 1. The van der Waals surface area contributed by atoms with Crippen molar-refractivity contribution in [3.05, 3.63) is 47.2 Å². The highest BCUT2D eigenvalue weighted by molar-refractivity contribution is 5.87. The van der Waals surface area contributed by atoms with Crippen molar-refractivity contribution >= 4 is 5.84 Å². The Morgan fingerprint density at radius 3 is 2.08 bits per heavy atom. The molecule has 0 saturated carbocycles. The van der Waals surface area contributed by atoms with Crippen molar-refractivity contribution in [3.63, 3.8) is 0 Å². The molecule has 3 nitrogen and oxygen atoms in total. The molecule has 1 aliphatic heterocycles. The van der Waals surface area contributed by atoms with Crippen LogP contribution < -0.4 is 5.32 Å². The molecular formula is C16H13F6N3. The molecule has 0 aromatic heterocycles. The maximum atomic E-state index is 13.4. The van der Waals surface area contributed by atoms with Gasteiger partial charge in [0.15, 0.2) is 0 Å². The van der Waals surface area contributed by atoms with E-state index in [4.69, 9.17) is 5.26 Å². The number of halogens is 6. The molecule has 2 rings (SSSR count). The molecule has 0 spiro atoms. The van der Waals surface area contributed by atoms with E-state index in [0.717, 1.165) is 18.6 Å². The molecule has 0 atom stereocenters. The number of amidine groups is 1. The maximum absolute atomic E-state index is 13.4. The Hall–Kier alpha value is -2.50. The number of aryl methyl sites for hydroxylation is 1. The summed E-state index contributed by atoms with van der Waals surface area (Å²) in [4.78, 5) is 2.95. The van der Waals surface area contributed by atoms with E-state index < -0.39 is 35.0 Å². The van der Waals surface area contributed by atoms with E-state index in [0.29, 0.717) is 0 Å². The zero-order chi connectivity index (χ0) is 18.9. The van der Waals surface area contributed by atoms with Crippen molar-refractivity contribution in [2.75, 3.05) is 0 Å². The van der Waals surface area contributed by atoms with Crippen molar-refractivity contribution in [2.24, 2.45) is 4.99 Å². The van der Waals surface area contributed by atoms with Crippen molar-refractivity contribution in [1.82, 2.24) is 5.32 Å². The van der Waals surface area contributed by atoms with Crippen LogP contribution in [-0.4, -0.2) is 23.7 Å². The molecule has 0 aliphatic carbocycles. The fourth-order valence-corrected chi connectivity index (χ4v) is 2.60. The van der Waals surface area contributed by atoms with E-state index in [-0.39, 0.29) is 12.8 Å². The summed E-state index contributed by atoms with van der Waals surface area (Å²) in [5.74, 6) is -0.463.